The maximum atomic E-state index is 13.2. The molecule has 2 aromatic rings. The predicted molar refractivity (Wildman–Crippen MR) is 87.5 cm³/mol. The average Bonchev–Trinajstić information content (AvgIpc) is 2.93. The number of anilines is 1. The van der Waals surface area contributed by atoms with Gasteiger partial charge < -0.3 is 15.8 Å². The van der Waals surface area contributed by atoms with E-state index >= 15 is 0 Å². The minimum absolute atomic E-state index is 0.0685. The fourth-order valence-electron chi connectivity index (χ4n) is 2.86. The zero-order chi connectivity index (χ0) is 17.3. The topological polar surface area (TPSA) is 81.4 Å². The second-order valence-electron chi connectivity index (χ2n) is 5.42. The summed E-state index contributed by atoms with van der Waals surface area (Å²) in [6.07, 6.45) is -0.111. The van der Waals surface area contributed by atoms with Crippen LogP contribution in [0.3, 0.4) is 0 Å². The zero-order valence-corrected chi connectivity index (χ0v) is 13.3. The third kappa shape index (κ3) is 3.19. The van der Waals surface area contributed by atoms with Crippen molar-refractivity contribution >= 4 is 29.3 Å². The summed E-state index contributed by atoms with van der Waals surface area (Å²) in [4.78, 5) is 23.5. The van der Waals surface area contributed by atoms with Gasteiger partial charge in [-0.15, -0.1) is 0 Å². The lowest BCUT2D eigenvalue weighted by atomic mass is 10.0. The summed E-state index contributed by atoms with van der Waals surface area (Å²) in [5.41, 5.74) is 7.53. The fraction of sp³-hybridized carbons (Fsp3) is 0.176. The lowest BCUT2D eigenvalue weighted by molar-refractivity contribution is 0.102. The lowest BCUT2D eigenvalue weighted by Gasteiger charge is -2.13. The van der Waals surface area contributed by atoms with Crippen molar-refractivity contribution in [3.8, 4) is 0 Å². The molecule has 0 aromatic heterocycles. The van der Waals surface area contributed by atoms with Gasteiger partial charge in [-0.05, 0) is 48.2 Å². The molecule has 0 saturated carbocycles. The van der Waals surface area contributed by atoms with Crippen LogP contribution >= 0.6 is 11.6 Å². The number of halogens is 2. The minimum atomic E-state index is -0.844. The molecule has 24 heavy (non-hydrogen) atoms. The molecule has 1 aliphatic carbocycles. The van der Waals surface area contributed by atoms with Gasteiger partial charge in [-0.3, -0.25) is 4.79 Å². The highest BCUT2D eigenvalue weighted by Crippen LogP contribution is 2.36. The van der Waals surface area contributed by atoms with Gasteiger partial charge in [0.15, 0.2) is 0 Å². The summed E-state index contributed by atoms with van der Waals surface area (Å²) in [6, 6.07) is 9.17. The van der Waals surface area contributed by atoms with Gasteiger partial charge in [-0.2, -0.15) is 0 Å². The minimum Gasteiger partial charge on any atom is -0.441 e. The van der Waals surface area contributed by atoms with Crippen LogP contribution in [0, 0.1) is 5.82 Å². The number of benzene rings is 2. The molecule has 5 nitrogen and oxygen atoms in total. The Morgan fingerprint density at radius 1 is 1.29 bits per heavy atom. The van der Waals surface area contributed by atoms with Crippen LogP contribution in [0.15, 0.2) is 36.4 Å². The van der Waals surface area contributed by atoms with Gasteiger partial charge >= 0.3 is 6.09 Å². The quantitative estimate of drug-likeness (QED) is 0.884. The monoisotopic (exact) mass is 348 g/mol. The highest BCUT2D eigenvalue weighted by molar-refractivity contribution is 6.31. The van der Waals surface area contributed by atoms with Crippen LogP contribution in [-0.4, -0.2) is 12.0 Å². The van der Waals surface area contributed by atoms with Crippen LogP contribution in [-0.2, 0) is 11.2 Å². The Labute approximate surface area is 142 Å². The summed E-state index contributed by atoms with van der Waals surface area (Å²) in [7, 11) is 0. The van der Waals surface area contributed by atoms with Crippen molar-refractivity contribution in [2.75, 3.05) is 5.32 Å². The molecule has 0 radical (unpaired) electrons. The number of rotatable bonds is 3. The van der Waals surface area contributed by atoms with Crippen molar-refractivity contribution in [3.63, 3.8) is 0 Å². The van der Waals surface area contributed by atoms with E-state index in [4.69, 9.17) is 22.1 Å². The number of primary amides is 1. The summed E-state index contributed by atoms with van der Waals surface area (Å²) in [5.74, 6) is -0.893. The van der Waals surface area contributed by atoms with E-state index in [1.54, 1.807) is 12.1 Å². The number of ether oxygens (including phenoxy) is 1. The van der Waals surface area contributed by atoms with Gasteiger partial charge in [0.25, 0.3) is 5.91 Å². The van der Waals surface area contributed by atoms with Gasteiger partial charge in [0.2, 0.25) is 0 Å². The van der Waals surface area contributed by atoms with Gasteiger partial charge in [0, 0.05) is 11.3 Å². The van der Waals surface area contributed by atoms with Gasteiger partial charge in [0.05, 0.1) is 5.02 Å². The Balaban J connectivity index is 1.85. The molecular weight excluding hydrogens is 335 g/mol. The zero-order valence-electron chi connectivity index (χ0n) is 12.5. The van der Waals surface area contributed by atoms with E-state index in [9.17, 15) is 14.0 Å². The first kappa shape index (κ1) is 16.3. The highest BCUT2D eigenvalue weighted by Gasteiger charge is 2.28. The second-order valence-corrected chi connectivity index (χ2v) is 5.83. The summed E-state index contributed by atoms with van der Waals surface area (Å²) < 4.78 is 18.3. The molecule has 2 amide bonds. The Bertz CT molecular complexity index is 825. The maximum Gasteiger partial charge on any atom is 0.405 e. The molecule has 2 aromatic carbocycles. The van der Waals surface area contributed by atoms with Crippen LogP contribution < -0.4 is 11.1 Å². The summed E-state index contributed by atoms with van der Waals surface area (Å²) in [5, 5.41) is 2.62. The van der Waals surface area contributed by atoms with Crippen LogP contribution in [0.5, 0.6) is 0 Å². The van der Waals surface area contributed by atoms with Crippen molar-refractivity contribution in [2.45, 2.75) is 18.9 Å². The van der Waals surface area contributed by atoms with E-state index < -0.39 is 18.0 Å². The normalized spacial score (nSPS) is 15.7. The molecule has 1 atom stereocenters. The first-order valence-corrected chi connectivity index (χ1v) is 7.68. The van der Waals surface area contributed by atoms with Crippen LogP contribution in [0.1, 0.15) is 34.0 Å². The van der Waals surface area contributed by atoms with Gasteiger partial charge in [-0.1, -0.05) is 23.7 Å². The number of carbonyl (C=O) groups is 2. The molecule has 0 fully saturated rings. The maximum absolute atomic E-state index is 13.2. The lowest BCUT2D eigenvalue weighted by Crippen LogP contribution is -2.16. The summed E-state index contributed by atoms with van der Waals surface area (Å²) in [6.45, 7) is 0. The van der Waals surface area contributed by atoms with E-state index in [2.05, 4.69) is 5.32 Å². The SMILES string of the molecule is NC(=O)O[C@H]1CCc2c(C(=O)Nc3ccc(F)c(Cl)c3)cccc21. The molecule has 0 spiro atoms. The molecule has 124 valence electrons. The Hall–Kier alpha value is -2.60. The highest BCUT2D eigenvalue weighted by atomic mass is 35.5. The largest absolute Gasteiger partial charge is 0.441 e. The molecule has 0 heterocycles. The average molecular weight is 349 g/mol. The number of carbonyl (C=O) groups excluding carboxylic acids is 2. The van der Waals surface area contributed by atoms with Crippen LogP contribution in [0.4, 0.5) is 14.9 Å². The van der Waals surface area contributed by atoms with E-state index in [-0.39, 0.29) is 10.9 Å². The van der Waals surface area contributed by atoms with E-state index in [0.29, 0.717) is 24.1 Å². The number of hydrogen-bond donors (Lipinski definition) is 2. The molecule has 0 aliphatic heterocycles. The second kappa shape index (κ2) is 6.49. The third-order valence-corrected chi connectivity index (χ3v) is 4.19. The number of fused-ring (bicyclic) bond motifs is 1. The van der Waals surface area contributed by atoms with E-state index in [0.717, 1.165) is 11.1 Å². The van der Waals surface area contributed by atoms with Crippen LogP contribution in [0.25, 0.3) is 0 Å². The van der Waals surface area contributed by atoms with Crippen LogP contribution in [0.2, 0.25) is 5.02 Å². The van der Waals surface area contributed by atoms with Crippen molar-refractivity contribution in [3.05, 3.63) is 63.9 Å². The number of amides is 2. The first-order valence-electron chi connectivity index (χ1n) is 7.30. The molecule has 3 rings (SSSR count). The third-order valence-electron chi connectivity index (χ3n) is 3.90. The smallest absolute Gasteiger partial charge is 0.405 e. The van der Waals surface area contributed by atoms with Gasteiger partial charge in [0.1, 0.15) is 11.9 Å². The van der Waals surface area contributed by atoms with Crippen molar-refractivity contribution in [2.24, 2.45) is 5.73 Å². The first-order chi connectivity index (χ1) is 11.5. The van der Waals surface area contributed by atoms with Crippen molar-refractivity contribution < 1.29 is 18.7 Å². The molecule has 7 heteroatoms. The molecule has 3 N–H and O–H groups in total. The Kier molecular flexibility index (Phi) is 4.40. The molecule has 0 unspecified atom stereocenters. The fourth-order valence-corrected chi connectivity index (χ4v) is 3.04. The Morgan fingerprint density at radius 3 is 2.79 bits per heavy atom. The standard InChI is InChI=1S/C17H14ClFN2O3/c18-13-8-9(4-6-14(13)19)21-16(22)12-3-1-2-11-10(12)5-7-15(11)24-17(20)23/h1-4,6,8,15H,5,7H2,(H2,20,23)(H,21,22)/t15-/m0/s1. The van der Waals surface area contributed by atoms with Gasteiger partial charge in [-0.25, -0.2) is 9.18 Å². The van der Waals surface area contributed by atoms with Crippen molar-refractivity contribution in [1.82, 2.24) is 0 Å². The van der Waals surface area contributed by atoms with E-state index in [1.165, 1.54) is 18.2 Å². The molecule has 0 bridgehead atoms. The summed E-state index contributed by atoms with van der Waals surface area (Å²) >= 11 is 5.72. The molecule has 0 saturated heterocycles. The molecule has 1 aliphatic rings. The van der Waals surface area contributed by atoms with E-state index in [1.807, 2.05) is 6.07 Å². The number of hydrogen-bond acceptors (Lipinski definition) is 3. The van der Waals surface area contributed by atoms with Crippen molar-refractivity contribution in [1.29, 1.82) is 0 Å². The number of nitrogens with one attached hydrogen (secondary N) is 1. The Morgan fingerprint density at radius 2 is 2.08 bits per heavy atom. The predicted octanol–water partition coefficient (Wildman–Crippen LogP) is 3.81. The molecular formula is C17H14ClFN2O3. The number of nitrogens with two attached hydrogens (primary N) is 1.